The smallest absolute Gasteiger partial charge is 0.295 e. The lowest BCUT2D eigenvalue weighted by Crippen LogP contribution is -2.33. The average Bonchev–Trinajstić information content (AvgIpc) is 3.28. The van der Waals surface area contributed by atoms with Gasteiger partial charge in [-0.3, -0.25) is 14.9 Å². The van der Waals surface area contributed by atoms with Crippen molar-refractivity contribution in [1.82, 2.24) is 19.7 Å². The van der Waals surface area contributed by atoms with Crippen LogP contribution in [0.15, 0.2) is 55.1 Å². The first-order valence-electron chi connectivity index (χ1n) is 8.90. The standard InChI is InChI=1S/C20H18N6O3/c1-3-24(14(2)16-6-4-15(11-21)5-7-16)20(27)17-8-9-18(19(10-17)26(28)29)25-13-22-12-23-25/h4-10,12-14H,3H2,1-2H3. The van der Waals surface area contributed by atoms with Crippen LogP contribution in [0.1, 0.15) is 41.4 Å². The summed E-state index contributed by atoms with van der Waals surface area (Å²) in [5.74, 6) is -0.322. The van der Waals surface area contributed by atoms with E-state index in [2.05, 4.69) is 16.2 Å². The molecule has 0 saturated heterocycles. The zero-order valence-electron chi connectivity index (χ0n) is 15.9. The fourth-order valence-electron chi connectivity index (χ4n) is 3.10. The van der Waals surface area contributed by atoms with Gasteiger partial charge in [0.25, 0.3) is 11.6 Å². The number of aromatic nitrogens is 3. The van der Waals surface area contributed by atoms with Crippen LogP contribution in [0.25, 0.3) is 5.69 Å². The van der Waals surface area contributed by atoms with Crippen molar-refractivity contribution in [3.05, 3.63) is 81.9 Å². The Kier molecular flexibility index (Phi) is 5.64. The van der Waals surface area contributed by atoms with Gasteiger partial charge in [0.15, 0.2) is 0 Å². The highest BCUT2D eigenvalue weighted by atomic mass is 16.6. The monoisotopic (exact) mass is 390 g/mol. The van der Waals surface area contributed by atoms with Crippen LogP contribution in [-0.2, 0) is 0 Å². The molecule has 9 nitrogen and oxygen atoms in total. The third-order valence-electron chi connectivity index (χ3n) is 4.68. The molecule has 0 aliphatic rings. The second kappa shape index (κ2) is 8.31. The molecule has 0 spiro atoms. The van der Waals surface area contributed by atoms with Gasteiger partial charge in [-0.15, -0.1) is 0 Å². The maximum Gasteiger partial charge on any atom is 0.295 e. The van der Waals surface area contributed by atoms with E-state index >= 15 is 0 Å². The van der Waals surface area contributed by atoms with Gasteiger partial charge in [0.1, 0.15) is 18.3 Å². The number of hydrogen-bond donors (Lipinski definition) is 0. The number of benzene rings is 2. The number of rotatable bonds is 6. The molecule has 3 aromatic rings. The number of nitro benzene ring substituents is 1. The lowest BCUT2D eigenvalue weighted by atomic mass is 10.0. The molecule has 1 aromatic heterocycles. The Hall–Kier alpha value is -4.06. The SMILES string of the molecule is CCN(C(=O)c1ccc(-n2cncn2)c([N+](=O)[O-])c1)C(C)c1ccc(C#N)cc1. The number of carbonyl (C=O) groups is 1. The van der Waals surface area contributed by atoms with E-state index in [9.17, 15) is 14.9 Å². The Morgan fingerprint density at radius 3 is 2.59 bits per heavy atom. The molecule has 0 radical (unpaired) electrons. The minimum absolute atomic E-state index is 0.211. The fraction of sp³-hybridized carbons (Fsp3) is 0.200. The molecule has 29 heavy (non-hydrogen) atoms. The molecule has 0 fully saturated rings. The van der Waals surface area contributed by atoms with E-state index < -0.39 is 4.92 Å². The average molecular weight is 390 g/mol. The van der Waals surface area contributed by atoms with Crippen molar-refractivity contribution in [2.45, 2.75) is 19.9 Å². The molecule has 1 atom stereocenters. The highest BCUT2D eigenvalue weighted by Crippen LogP contribution is 2.27. The fourth-order valence-corrected chi connectivity index (χ4v) is 3.10. The third-order valence-corrected chi connectivity index (χ3v) is 4.68. The summed E-state index contributed by atoms with van der Waals surface area (Å²) in [4.78, 5) is 29.5. The van der Waals surface area contributed by atoms with Crippen LogP contribution in [0.2, 0.25) is 0 Å². The summed E-state index contributed by atoms with van der Waals surface area (Å²) < 4.78 is 1.28. The molecule has 1 amide bonds. The lowest BCUT2D eigenvalue weighted by Gasteiger charge is -2.28. The molecular formula is C20H18N6O3. The molecule has 0 bridgehead atoms. The van der Waals surface area contributed by atoms with Crippen LogP contribution < -0.4 is 0 Å². The minimum atomic E-state index is -0.547. The van der Waals surface area contributed by atoms with Gasteiger partial charge in [0.2, 0.25) is 0 Å². The number of hydrogen-bond acceptors (Lipinski definition) is 6. The first-order chi connectivity index (χ1) is 14.0. The zero-order chi connectivity index (χ0) is 21.0. The van der Waals surface area contributed by atoms with Gasteiger partial charge in [0, 0.05) is 18.2 Å². The maximum atomic E-state index is 13.1. The predicted octanol–water partition coefficient (Wildman–Crippen LogP) is 3.27. The van der Waals surface area contributed by atoms with E-state index in [0.717, 1.165) is 5.56 Å². The maximum absolute atomic E-state index is 13.1. The van der Waals surface area contributed by atoms with E-state index in [1.54, 1.807) is 35.2 Å². The van der Waals surface area contributed by atoms with E-state index in [1.165, 1.54) is 29.5 Å². The van der Waals surface area contributed by atoms with E-state index in [4.69, 9.17) is 5.26 Å². The summed E-state index contributed by atoms with van der Waals surface area (Å²) in [6, 6.07) is 13.1. The van der Waals surface area contributed by atoms with Gasteiger partial charge < -0.3 is 4.90 Å². The van der Waals surface area contributed by atoms with Crippen molar-refractivity contribution in [1.29, 1.82) is 5.26 Å². The second-order valence-electron chi connectivity index (χ2n) is 6.30. The Morgan fingerprint density at radius 2 is 2.03 bits per heavy atom. The molecule has 146 valence electrons. The molecule has 0 aliphatic carbocycles. The van der Waals surface area contributed by atoms with Crippen LogP contribution in [0.5, 0.6) is 0 Å². The summed E-state index contributed by atoms with van der Waals surface area (Å²) in [7, 11) is 0. The van der Waals surface area contributed by atoms with Crippen molar-refractivity contribution >= 4 is 11.6 Å². The number of nitriles is 1. The molecule has 0 aliphatic heterocycles. The summed E-state index contributed by atoms with van der Waals surface area (Å²) in [6.07, 6.45) is 2.63. The topological polar surface area (TPSA) is 118 Å². The minimum Gasteiger partial charge on any atom is -0.332 e. The van der Waals surface area contributed by atoms with E-state index in [1.807, 2.05) is 13.8 Å². The predicted molar refractivity (Wildman–Crippen MR) is 104 cm³/mol. The number of nitro groups is 1. The largest absolute Gasteiger partial charge is 0.332 e. The Balaban J connectivity index is 1.93. The molecule has 1 heterocycles. The first-order valence-corrected chi connectivity index (χ1v) is 8.90. The second-order valence-corrected chi connectivity index (χ2v) is 6.30. The summed E-state index contributed by atoms with van der Waals surface area (Å²) in [5, 5.41) is 24.4. The molecule has 3 rings (SSSR count). The van der Waals surface area contributed by atoms with Gasteiger partial charge in [-0.1, -0.05) is 12.1 Å². The molecule has 9 heteroatoms. The van der Waals surface area contributed by atoms with Gasteiger partial charge in [-0.25, -0.2) is 9.67 Å². The van der Waals surface area contributed by atoms with Gasteiger partial charge in [-0.2, -0.15) is 10.4 Å². The molecule has 0 N–H and O–H groups in total. The van der Waals surface area contributed by atoms with Gasteiger partial charge >= 0.3 is 0 Å². The van der Waals surface area contributed by atoms with Crippen LogP contribution in [0, 0.1) is 21.4 Å². The van der Waals surface area contributed by atoms with E-state index in [0.29, 0.717) is 12.1 Å². The van der Waals surface area contributed by atoms with Gasteiger partial charge in [-0.05, 0) is 43.7 Å². The van der Waals surface area contributed by atoms with Crippen LogP contribution in [-0.4, -0.2) is 37.0 Å². The highest BCUT2D eigenvalue weighted by Gasteiger charge is 2.25. The number of carbonyl (C=O) groups excluding carboxylic acids is 1. The zero-order valence-corrected chi connectivity index (χ0v) is 15.9. The van der Waals surface area contributed by atoms with Crippen LogP contribution in [0.4, 0.5) is 5.69 Å². The Morgan fingerprint density at radius 1 is 1.31 bits per heavy atom. The molecule has 1 unspecified atom stereocenters. The van der Waals surface area contributed by atoms with E-state index in [-0.39, 0.29) is 28.9 Å². The van der Waals surface area contributed by atoms with Crippen molar-refractivity contribution in [2.24, 2.45) is 0 Å². The Labute approximate surface area is 167 Å². The van der Waals surface area contributed by atoms with Crippen LogP contribution in [0.3, 0.4) is 0 Å². The number of nitrogens with zero attached hydrogens (tertiary/aromatic N) is 6. The normalized spacial score (nSPS) is 11.5. The molecular weight excluding hydrogens is 372 g/mol. The van der Waals surface area contributed by atoms with Crippen molar-refractivity contribution < 1.29 is 9.72 Å². The van der Waals surface area contributed by atoms with Crippen molar-refractivity contribution in [3.8, 4) is 11.8 Å². The van der Waals surface area contributed by atoms with Gasteiger partial charge in [0.05, 0.1) is 22.6 Å². The van der Waals surface area contributed by atoms with Crippen molar-refractivity contribution in [2.75, 3.05) is 6.54 Å². The quantitative estimate of drug-likeness (QED) is 0.471. The number of amides is 1. The highest BCUT2D eigenvalue weighted by molar-refractivity contribution is 5.95. The summed E-state index contributed by atoms with van der Waals surface area (Å²) in [5.41, 5.74) is 1.61. The summed E-state index contributed by atoms with van der Waals surface area (Å²) >= 11 is 0. The third kappa shape index (κ3) is 3.96. The Bertz CT molecular complexity index is 1070. The van der Waals surface area contributed by atoms with Crippen LogP contribution >= 0.6 is 0 Å². The van der Waals surface area contributed by atoms with Crippen molar-refractivity contribution in [3.63, 3.8) is 0 Å². The molecule has 0 saturated carbocycles. The molecule has 2 aromatic carbocycles. The lowest BCUT2D eigenvalue weighted by molar-refractivity contribution is -0.384. The first kappa shape index (κ1) is 19.7. The summed E-state index contributed by atoms with van der Waals surface area (Å²) in [6.45, 7) is 4.13.